The third-order valence-electron chi connectivity index (χ3n) is 6.49. The number of rotatable bonds is 4. The minimum absolute atomic E-state index is 0.275. The Kier molecular flexibility index (Phi) is 5.44. The van der Waals surface area contributed by atoms with Crippen LogP contribution in [0.25, 0.3) is 0 Å². The number of hydrogen-bond acceptors (Lipinski definition) is 3. The number of aryl methyl sites for hydroxylation is 1. The zero-order valence-corrected chi connectivity index (χ0v) is 19.1. The summed E-state index contributed by atoms with van der Waals surface area (Å²) in [6, 6.07) is 21.6. The first-order valence-corrected chi connectivity index (χ1v) is 10.7. The van der Waals surface area contributed by atoms with E-state index < -0.39 is 18.3 Å². The maximum atomic E-state index is 15.9. The number of halogens is 1. The van der Waals surface area contributed by atoms with Crippen LogP contribution in [-0.4, -0.2) is 18.3 Å². The number of para-hydroxylation sites is 2. The lowest BCUT2D eigenvalue weighted by molar-refractivity contribution is 0.00578. The molecule has 0 atom stereocenters. The zero-order chi connectivity index (χ0) is 22.4. The lowest BCUT2D eigenvalue weighted by Crippen LogP contribution is -2.41. The van der Waals surface area contributed by atoms with Gasteiger partial charge in [-0.1, -0.05) is 36.4 Å². The normalized spacial score (nSPS) is 17.1. The number of benzene rings is 3. The summed E-state index contributed by atoms with van der Waals surface area (Å²) in [5.41, 5.74) is 3.59. The van der Waals surface area contributed by atoms with Crippen molar-refractivity contribution in [2.24, 2.45) is 0 Å². The average molecular weight is 417 g/mol. The quantitative estimate of drug-likeness (QED) is 0.471. The first-order chi connectivity index (χ1) is 14.6. The molecular weight excluding hydrogens is 388 g/mol. The van der Waals surface area contributed by atoms with E-state index in [1.807, 2.05) is 106 Å². The molecule has 1 aliphatic rings. The minimum Gasteiger partial charge on any atom is -0.399 e. The summed E-state index contributed by atoms with van der Waals surface area (Å²) in [4.78, 5) is 1.95. The van der Waals surface area contributed by atoms with Crippen molar-refractivity contribution in [2.45, 2.75) is 52.7 Å². The predicted molar refractivity (Wildman–Crippen MR) is 126 cm³/mol. The van der Waals surface area contributed by atoms with Crippen molar-refractivity contribution in [3.63, 3.8) is 0 Å². The molecule has 0 saturated carbocycles. The summed E-state index contributed by atoms with van der Waals surface area (Å²) in [6.45, 7) is 11.8. The molecule has 1 saturated heterocycles. The van der Waals surface area contributed by atoms with E-state index in [9.17, 15) is 0 Å². The highest BCUT2D eigenvalue weighted by Crippen LogP contribution is 2.40. The van der Waals surface area contributed by atoms with Gasteiger partial charge < -0.3 is 14.2 Å². The van der Waals surface area contributed by atoms with E-state index in [0.29, 0.717) is 11.3 Å². The van der Waals surface area contributed by atoms with Crippen molar-refractivity contribution in [1.29, 1.82) is 0 Å². The highest BCUT2D eigenvalue weighted by molar-refractivity contribution is 6.63. The maximum absolute atomic E-state index is 15.9. The number of anilines is 3. The Morgan fingerprint density at radius 3 is 1.68 bits per heavy atom. The summed E-state index contributed by atoms with van der Waals surface area (Å²) in [5, 5.41) is 0. The third kappa shape index (κ3) is 3.77. The Balaban J connectivity index is 1.85. The molecule has 160 valence electrons. The average Bonchev–Trinajstić information content (AvgIpc) is 2.94. The number of hydrogen-bond donors (Lipinski definition) is 0. The minimum atomic E-state index is -0.601. The van der Waals surface area contributed by atoms with Crippen molar-refractivity contribution >= 4 is 29.6 Å². The Morgan fingerprint density at radius 2 is 1.23 bits per heavy atom. The van der Waals surface area contributed by atoms with Crippen LogP contribution in [-0.2, 0) is 9.31 Å². The largest absolute Gasteiger partial charge is 0.495 e. The fourth-order valence-electron chi connectivity index (χ4n) is 4.02. The molecule has 5 heteroatoms. The first-order valence-electron chi connectivity index (χ1n) is 10.7. The molecule has 0 spiro atoms. The second-order valence-electron chi connectivity index (χ2n) is 9.16. The van der Waals surface area contributed by atoms with Gasteiger partial charge in [-0.3, -0.25) is 0 Å². The van der Waals surface area contributed by atoms with E-state index in [-0.39, 0.29) is 5.82 Å². The van der Waals surface area contributed by atoms with Crippen LogP contribution in [0.4, 0.5) is 21.5 Å². The zero-order valence-electron chi connectivity index (χ0n) is 19.1. The van der Waals surface area contributed by atoms with Gasteiger partial charge in [-0.2, -0.15) is 0 Å². The molecule has 0 aliphatic carbocycles. The molecule has 4 rings (SSSR count). The molecule has 1 fully saturated rings. The van der Waals surface area contributed by atoms with Crippen LogP contribution in [0.15, 0.2) is 66.7 Å². The van der Waals surface area contributed by atoms with Crippen molar-refractivity contribution in [3.8, 4) is 0 Å². The van der Waals surface area contributed by atoms with Gasteiger partial charge in [0.25, 0.3) is 0 Å². The standard InChI is InChI=1S/C26H29BFNO2/c1-18-17-22(29(20-13-9-7-10-14-20)21-15-11-8-12-16-21)24(28)19(2)23(18)27-30-25(3,4)26(5,6)31-27/h7-17H,1-6H3. The van der Waals surface area contributed by atoms with Gasteiger partial charge in [-0.15, -0.1) is 0 Å². The Morgan fingerprint density at radius 1 is 0.774 bits per heavy atom. The van der Waals surface area contributed by atoms with Gasteiger partial charge in [-0.05, 0) is 88.5 Å². The van der Waals surface area contributed by atoms with E-state index in [4.69, 9.17) is 9.31 Å². The summed E-state index contributed by atoms with van der Waals surface area (Å²) < 4.78 is 28.4. The van der Waals surface area contributed by atoms with Crippen molar-refractivity contribution < 1.29 is 13.7 Å². The topological polar surface area (TPSA) is 21.7 Å². The predicted octanol–water partition coefficient (Wildman–Crippen LogP) is 6.21. The maximum Gasteiger partial charge on any atom is 0.495 e. The highest BCUT2D eigenvalue weighted by atomic mass is 19.1. The molecule has 3 aromatic rings. The molecular formula is C26H29BFNO2. The van der Waals surface area contributed by atoms with Gasteiger partial charge >= 0.3 is 7.12 Å². The van der Waals surface area contributed by atoms with Crippen LogP contribution in [0.5, 0.6) is 0 Å². The fourth-order valence-corrected chi connectivity index (χ4v) is 4.02. The van der Waals surface area contributed by atoms with Crippen molar-refractivity contribution in [2.75, 3.05) is 4.90 Å². The van der Waals surface area contributed by atoms with Gasteiger partial charge in [-0.25, -0.2) is 4.39 Å². The number of nitrogens with zero attached hydrogens (tertiary/aromatic N) is 1. The molecule has 1 aliphatic heterocycles. The second-order valence-corrected chi connectivity index (χ2v) is 9.16. The van der Waals surface area contributed by atoms with Crippen LogP contribution >= 0.6 is 0 Å². The van der Waals surface area contributed by atoms with Crippen LogP contribution < -0.4 is 10.4 Å². The summed E-state index contributed by atoms with van der Waals surface area (Å²) in [6.07, 6.45) is 0. The SMILES string of the molecule is Cc1cc(N(c2ccccc2)c2ccccc2)c(F)c(C)c1B1OC(C)(C)C(C)(C)O1. The molecule has 0 radical (unpaired) electrons. The van der Waals surface area contributed by atoms with Crippen LogP contribution in [0, 0.1) is 19.7 Å². The Bertz CT molecular complexity index is 1030. The van der Waals surface area contributed by atoms with Crippen LogP contribution in [0.1, 0.15) is 38.8 Å². The fraction of sp³-hybridized carbons (Fsp3) is 0.308. The molecule has 0 aromatic heterocycles. The molecule has 3 aromatic carbocycles. The second kappa shape index (κ2) is 7.81. The highest BCUT2D eigenvalue weighted by Gasteiger charge is 2.52. The lowest BCUT2D eigenvalue weighted by Gasteiger charge is -2.32. The van der Waals surface area contributed by atoms with Crippen molar-refractivity contribution in [1.82, 2.24) is 0 Å². The molecule has 3 nitrogen and oxygen atoms in total. The molecule has 0 amide bonds. The van der Waals surface area contributed by atoms with E-state index in [2.05, 4.69) is 0 Å². The smallest absolute Gasteiger partial charge is 0.399 e. The molecule has 1 heterocycles. The first kappa shape index (κ1) is 21.6. The monoisotopic (exact) mass is 417 g/mol. The summed E-state index contributed by atoms with van der Waals surface area (Å²) in [5.74, 6) is -0.275. The Hall–Kier alpha value is -2.63. The molecule has 0 bridgehead atoms. The van der Waals surface area contributed by atoms with Gasteiger partial charge in [0.2, 0.25) is 0 Å². The third-order valence-corrected chi connectivity index (χ3v) is 6.49. The van der Waals surface area contributed by atoms with Crippen molar-refractivity contribution in [3.05, 3.63) is 83.7 Å². The molecule has 31 heavy (non-hydrogen) atoms. The van der Waals surface area contributed by atoms with Gasteiger partial charge in [0.05, 0.1) is 16.9 Å². The molecule has 0 N–H and O–H groups in total. The summed E-state index contributed by atoms with van der Waals surface area (Å²) >= 11 is 0. The van der Waals surface area contributed by atoms with E-state index in [1.165, 1.54) is 0 Å². The van der Waals surface area contributed by atoms with Crippen LogP contribution in [0.2, 0.25) is 0 Å². The molecule has 0 unspecified atom stereocenters. The van der Waals surface area contributed by atoms with E-state index >= 15 is 4.39 Å². The van der Waals surface area contributed by atoms with Gasteiger partial charge in [0, 0.05) is 11.4 Å². The van der Waals surface area contributed by atoms with E-state index in [1.54, 1.807) is 6.92 Å². The van der Waals surface area contributed by atoms with Gasteiger partial charge in [0.15, 0.2) is 0 Å². The lowest BCUT2D eigenvalue weighted by atomic mass is 9.73. The van der Waals surface area contributed by atoms with E-state index in [0.717, 1.165) is 22.4 Å². The van der Waals surface area contributed by atoms with Gasteiger partial charge in [0.1, 0.15) is 5.82 Å². The Labute approximate surface area is 185 Å². The summed E-state index contributed by atoms with van der Waals surface area (Å²) in [7, 11) is -0.601. The van der Waals surface area contributed by atoms with Crippen LogP contribution in [0.3, 0.4) is 0 Å².